The van der Waals surface area contributed by atoms with Crippen molar-refractivity contribution < 1.29 is 18.7 Å². The Balaban J connectivity index is 1.57. The number of amides is 2. The van der Waals surface area contributed by atoms with Crippen molar-refractivity contribution in [2.75, 3.05) is 18.1 Å². The molecule has 0 saturated carbocycles. The zero-order chi connectivity index (χ0) is 19.2. The SMILES string of the molecule is CCCCOc1ccc(C(=O)NC2CC(=O)N(c3cccc(F)c3)C2)cc1. The Morgan fingerprint density at radius 3 is 2.74 bits per heavy atom. The molecule has 2 aromatic carbocycles. The number of unbranched alkanes of at least 4 members (excludes halogenated alkanes) is 1. The summed E-state index contributed by atoms with van der Waals surface area (Å²) in [4.78, 5) is 26.2. The standard InChI is InChI=1S/C21H23FN2O3/c1-2-3-11-27-19-9-7-15(8-10-19)21(26)23-17-13-20(25)24(14-17)18-6-4-5-16(22)12-18/h4-10,12,17H,2-3,11,13-14H2,1H3,(H,23,26). The zero-order valence-corrected chi connectivity index (χ0v) is 15.3. The molecule has 0 radical (unpaired) electrons. The van der Waals surface area contributed by atoms with Gasteiger partial charge in [0.15, 0.2) is 0 Å². The maximum atomic E-state index is 13.4. The van der Waals surface area contributed by atoms with Crippen LogP contribution in [0.2, 0.25) is 0 Å². The number of nitrogens with zero attached hydrogens (tertiary/aromatic N) is 1. The van der Waals surface area contributed by atoms with Gasteiger partial charge in [-0.15, -0.1) is 0 Å². The van der Waals surface area contributed by atoms with Gasteiger partial charge in [0.1, 0.15) is 11.6 Å². The summed E-state index contributed by atoms with van der Waals surface area (Å²) in [6.45, 7) is 3.08. The number of hydrogen-bond donors (Lipinski definition) is 1. The van der Waals surface area contributed by atoms with Crippen LogP contribution in [-0.2, 0) is 4.79 Å². The van der Waals surface area contributed by atoms with Crippen molar-refractivity contribution in [3.63, 3.8) is 0 Å². The molecule has 0 aromatic heterocycles. The maximum Gasteiger partial charge on any atom is 0.251 e. The third kappa shape index (κ3) is 4.84. The number of anilines is 1. The van der Waals surface area contributed by atoms with Crippen LogP contribution in [0.4, 0.5) is 10.1 Å². The molecular weight excluding hydrogens is 347 g/mol. The van der Waals surface area contributed by atoms with Crippen molar-refractivity contribution in [2.24, 2.45) is 0 Å². The van der Waals surface area contributed by atoms with Gasteiger partial charge in [0, 0.05) is 24.2 Å². The highest BCUT2D eigenvalue weighted by molar-refractivity contribution is 5.99. The minimum absolute atomic E-state index is 0.134. The lowest BCUT2D eigenvalue weighted by molar-refractivity contribution is -0.117. The number of ether oxygens (including phenoxy) is 1. The van der Waals surface area contributed by atoms with Crippen molar-refractivity contribution in [3.8, 4) is 5.75 Å². The van der Waals surface area contributed by atoms with E-state index in [9.17, 15) is 14.0 Å². The second kappa shape index (κ2) is 8.66. The predicted octanol–water partition coefficient (Wildman–Crippen LogP) is 3.54. The molecule has 0 spiro atoms. The van der Waals surface area contributed by atoms with Crippen LogP contribution in [0.15, 0.2) is 48.5 Å². The molecule has 0 bridgehead atoms. The summed E-state index contributed by atoms with van der Waals surface area (Å²) in [5.41, 5.74) is 1.01. The summed E-state index contributed by atoms with van der Waals surface area (Å²) >= 11 is 0. The van der Waals surface area contributed by atoms with Gasteiger partial charge in [0.05, 0.1) is 12.6 Å². The number of benzene rings is 2. The van der Waals surface area contributed by atoms with Crippen molar-refractivity contribution in [1.29, 1.82) is 0 Å². The molecule has 1 aliphatic rings. The van der Waals surface area contributed by atoms with Crippen molar-refractivity contribution >= 4 is 17.5 Å². The fraction of sp³-hybridized carbons (Fsp3) is 0.333. The van der Waals surface area contributed by atoms with Gasteiger partial charge in [-0.05, 0) is 48.9 Å². The lowest BCUT2D eigenvalue weighted by atomic mass is 10.2. The van der Waals surface area contributed by atoms with Crippen LogP contribution in [0, 0.1) is 5.82 Å². The van der Waals surface area contributed by atoms with E-state index in [-0.39, 0.29) is 24.3 Å². The molecule has 5 nitrogen and oxygen atoms in total. The lowest BCUT2D eigenvalue weighted by Crippen LogP contribution is -2.37. The van der Waals surface area contributed by atoms with Gasteiger partial charge in [0.2, 0.25) is 5.91 Å². The van der Waals surface area contributed by atoms with E-state index in [0.717, 1.165) is 18.6 Å². The van der Waals surface area contributed by atoms with Crippen LogP contribution in [0.1, 0.15) is 36.5 Å². The first-order valence-electron chi connectivity index (χ1n) is 9.16. The summed E-state index contributed by atoms with van der Waals surface area (Å²) in [6.07, 6.45) is 2.24. The van der Waals surface area contributed by atoms with Gasteiger partial charge in [-0.1, -0.05) is 19.4 Å². The Labute approximate surface area is 158 Å². The smallest absolute Gasteiger partial charge is 0.251 e. The van der Waals surface area contributed by atoms with E-state index < -0.39 is 5.82 Å². The zero-order valence-electron chi connectivity index (χ0n) is 15.3. The normalized spacial score (nSPS) is 16.4. The summed E-state index contributed by atoms with van der Waals surface area (Å²) in [5, 5.41) is 2.88. The van der Waals surface area contributed by atoms with Crippen LogP contribution in [0.25, 0.3) is 0 Å². The molecule has 27 heavy (non-hydrogen) atoms. The van der Waals surface area contributed by atoms with Gasteiger partial charge < -0.3 is 15.0 Å². The Morgan fingerprint density at radius 1 is 1.26 bits per heavy atom. The van der Waals surface area contributed by atoms with Crippen LogP contribution in [0.5, 0.6) is 5.75 Å². The second-order valence-corrected chi connectivity index (χ2v) is 6.59. The second-order valence-electron chi connectivity index (χ2n) is 6.59. The minimum atomic E-state index is -0.394. The highest BCUT2D eigenvalue weighted by Gasteiger charge is 2.31. The lowest BCUT2D eigenvalue weighted by Gasteiger charge is -2.17. The van der Waals surface area contributed by atoms with Gasteiger partial charge >= 0.3 is 0 Å². The maximum absolute atomic E-state index is 13.4. The third-order valence-electron chi connectivity index (χ3n) is 4.46. The Kier molecular flexibility index (Phi) is 6.06. The highest BCUT2D eigenvalue weighted by Crippen LogP contribution is 2.22. The van der Waals surface area contributed by atoms with Gasteiger partial charge in [-0.25, -0.2) is 4.39 Å². The third-order valence-corrected chi connectivity index (χ3v) is 4.46. The van der Waals surface area contributed by atoms with Crippen LogP contribution < -0.4 is 15.0 Å². The van der Waals surface area contributed by atoms with E-state index in [2.05, 4.69) is 12.2 Å². The van der Waals surface area contributed by atoms with E-state index in [1.54, 1.807) is 36.4 Å². The summed E-state index contributed by atoms with van der Waals surface area (Å²) in [7, 11) is 0. The number of hydrogen-bond acceptors (Lipinski definition) is 3. The van der Waals surface area contributed by atoms with Gasteiger partial charge in [-0.2, -0.15) is 0 Å². The molecule has 6 heteroatoms. The fourth-order valence-electron chi connectivity index (χ4n) is 3.00. The van der Waals surface area contributed by atoms with E-state index in [4.69, 9.17) is 4.74 Å². The predicted molar refractivity (Wildman–Crippen MR) is 101 cm³/mol. The van der Waals surface area contributed by atoms with E-state index in [1.165, 1.54) is 17.0 Å². The first kappa shape index (κ1) is 18.9. The first-order valence-corrected chi connectivity index (χ1v) is 9.16. The number of rotatable bonds is 7. The van der Waals surface area contributed by atoms with Gasteiger partial charge in [-0.3, -0.25) is 9.59 Å². The summed E-state index contributed by atoms with van der Waals surface area (Å²) in [6, 6.07) is 12.5. The molecule has 0 aliphatic carbocycles. The number of nitrogens with one attached hydrogen (secondary N) is 1. The Bertz CT molecular complexity index is 807. The van der Waals surface area contributed by atoms with Crippen LogP contribution in [-0.4, -0.2) is 31.0 Å². The van der Waals surface area contributed by atoms with Crippen LogP contribution >= 0.6 is 0 Å². The number of carbonyl (C=O) groups is 2. The molecule has 1 fully saturated rings. The Hall–Kier alpha value is -2.89. The highest BCUT2D eigenvalue weighted by atomic mass is 19.1. The molecule has 3 rings (SSSR count). The molecular formula is C21H23FN2O3. The van der Waals surface area contributed by atoms with Crippen molar-refractivity contribution in [2.45, 2.75) is 32.2 Å². The first-order chi connectivity index (χ1) is 13.1. The minimum Gasteiger partial charge on any atom is -0.494 e. The monoisotopic (exact) mass is 370 g/mol. The molecule has 1 saturated heterocycles. The fourth-order valence-corrected chi connectivity index (χ4v) is 3.00. The van der Waals surface area contributed by atoms with Crippen molar-refractivity contribution in [1.82, 2.24) is 5.32 Å². The molecule has 1 aliphatic heterocycles. The molecule has 1 unspecified atom stereocenters. The van der Waals surface area contributed by atoms with E-state index >= 15 is 0 Å². The summed E-state index contributed by atoms with van der Waals surface area (Å²) < 4.78 is 19.0. The molecule has 2 aromatic rings. The van der Waals surface area contributed by atoms with Gasteiger partial charge in [0.25, 0.3) is 5.91 Å². The average Bonchev–Trinajstić information content (AvgIpc) is 3.02. The molecule has 142 valence electrons. The molecule has 1 N–H and O–H groups in total. The van der Waals surface area contributed by atoms with E-state index in [0.29, 0.717) is 24.4 Å². The van der Waals surface area contributed by atoms with E-state index in [1.807, 2.05) is 0 Å². The average molecular weight is 370 g/mol. The molecule has 2 amide bonds. The van der Waals surface area contributed by atoms with Crippen molar-refractivity contribution in [3.05, 3.63) is 59.9 Å². The largest absolute Gasteiger partial charge is 0.494 e. The quantitative estimate of drug-likeness (QED) is 0.759. The number of carbonyl (C=O) groups excluding carboxylic acids is 2. The number of halogens is 1. The molecule has 1 heterocycles. The topological polar surface area (TPSA) is 58.6 Å². The Morgan fingerprint density at radius 2 is 2.04 bits per heavy atom. The van der Waals surface area contributed by atoms with Crippen LogP contribution in [0.3, 0.4) is 0 Å². The summed E-state index contributed by atoms with van der Waals surface area (Å²) in [5.74, 6) is -0.0399. The molecule has 1 atom stereocenters.